The molecule has 1 N–H and O–H groups in total. The van der Waals surface area contributed by atoms with E-state index in [1.54, 1.807) is 11.9 Å². The summed E-state index contributed by atoms with van der Waals surface area (Å²) in [4.78, 5) is 26.7. The predicted molar refractivity (Wildman–Crippen MR) is 67.2 cm³/mol. The zero-order chi connectivity index (χ0) is 12.8. The number of nitrogens with zero attached hydrogens (tertiary/aromatic N) is 2. The smallest absolute Gasteiger partial charge is 0.323 e. The molecule has 0 aliphatic carbocycles. The first kappa shape index (κ1) is 14.3. The number of imide groups is 1. The minimum atomic E-state index is -0.347. The number of urea groups is 1. The number of likely N-dealkylation sites (N-methyl/N-ethyl adjacent to an activating group) is 2. The van der Waals surface area contributed by atoms with Crippen molar-refractivity contribution in [2.24, 2.45) is 0 Å². The van der Waals surface area contributed by atoms with Crippen molar-refractivity contribution < 1.29 is 9.59 Å². The van der Waals surface area contributed by atoms with Gasteiger partial charge >= 0.3 is 6.03 Å². The summed E-state index contributed by atoms with van der Waals surface area (Å²) in [6.45, 7) is 1.72. The van der Waals surface area contributed by atoms with Gasteiger partial charge in [-0.25, -0.2) is 4.79 Å². The molecule has 1 aliphatic heterocycles. The Bertz CT molecular complexity index is 286. The highest BCUT2D eigenvalue weighted by Crippen LogP contribution is 2.15. The largest absolute Gasteiger partial charge is 0.326 e. The molecule has 1 atom stereocenters. The maximum Gasteiger partial charge on any atom is 0.323 e. The van der Waals surface area contributed by atoms with Crippen molar-refractivity contribution in [1.29, 1.82) is 0 Å². The van der Waals surface area contributed by atoms with Crippen LogP contribution in [-0.4, -0.2) is 60.8 Å². The van der Waals surface area contributed by atoms with E-state index in [1.807, 2.05) is 0 Å². The first-order valence-corrected chi connectivity index (χ1v) is 6.39. The third kappa shape index (κ3) is 4.52. The Morgan fingerprint density at radius 3 is 2.76 bits per heavy atom. The van der Waals surface area contributed by atoms with E-state index in [-0.39, 0.29) is 24.2 Å². The summed E-state index contributed by atoms with van der Waals surface area (Å²) in [6, 6.07) is 0.0503. The van der Waals surface area contributed by atoms with Gasteiger partial charge in [0, 0.05) is 31.9 Å². The lowest BCUT2D eigenvalue weighted by Gasteiger charge is -2.25. The van der Waals surface area contributed by atoms with Crippen LogP contribution in [0.5, 0.6) is 0 Å². The highest BCUT2D eigenvalue weighted by molar-refractivity contribution is 6.19. The Kier molecular flexibility index (Phi) is 5.71. The molecule has 1 aliphatic rings. The van der Waals surface area contributed by atoms with Gasteiger partial charge in [-0.1, -0.05) is 0 Å². The van der Waals surface area contributed by atoms with Crippen molar-refractivity contribution in [3.05, 3.63) is 0 Å². The highest BCUT2D eigenvalue weighted by Gasteiger charge is 2.24. The molecule has 1 rings (SSSR count). The number of halogens is 1. The quantitative estimate of drug-likeness (QED) is 0.765. The van der Waals surface area contributed by atoms with Gasteiger partial charge in [-0.15, -0.1) is 11.6 Å². The molecule has 1 heterocycles. The SMILES string of the molecule is CN(CC1CCCN1C)C(=O)NC(=O)CCCl. The fraction of sp³-hybridized carbons (Fsp3) is 0.818. The summed E-state index contributed by atoms with van der Waals surface area (Å²) in [5.74, 6) is -0.0922. The van der Waals surface area contributed by atoms with Crippen LogP contribution in [0.25, 0.3) is 0 Å². The average Bonchev–Trinajstić information content (AvgIpc) is 2.64. The van der Waals surface area contributed by atoms with Gasteiger partial charge in [0.25, 0.3) is 0 Å². The van der Waals surface area contributed by atoms with Crippen molar-refractivity contribution in [3.8, 4) is 0 Å². The van der Waals surface area contributed by atoms with E-state index in [1.165, 1.54) is 6.42 Å². The molecule has 1 unspecified atom stereocenters. The van der Waals surface area contributed by atoms with Gasteiger partial charge in [0.15, 0.2) is 0 Å². The third-order valence-electron chi connectivity index (χ3n) is 3.07. The molecule has 0 bridgehead atoms. The number of carbonyl (C=O) groups excluding carboxylic acids is 2. The van der Waals surface area contributed by atoms with Crippen LogP contribution in [-0.2, 0) is 4.79 Å². The summed E-state index contributed by atoms with van der Waals surface area (Å²) < 4.78 is 0. The van der Waals surface area contributed by atoms with Crippen LogP contribution in [0.1, 0.15) is 19.3 Å². The molecular weight excluding hydrogens is 242 g/mol. The lowest BCUT2D eigenvalue weighted by molar-refractivity contribution is -0.119. The fourth-order valence-corrected chi connectivity index (χ4v) is 2.14. The second-order valence-electron chi connectivity index (χ2n) is 4.45. The highest BCUT2D eigenvalue weighted by atomic mass is 35.5. The summed E-state index contributed by atoms with van der Waals surface area (Å²) in [5.41, 5.74) is 0. The zero-order valence-corrected chi connectivity index (χ0v) is 11.2. The second kappa shape index (κ2) is 6.81. The van der Waals surface area contributed by atoms with Crippen molar-refractivity contribution in [2.75, 3.05) is 33.1 Å². The number of hydrogen-bond acceptors (Lipinski definition) is 3. The van der Waals surface area contributed by atoms with Gasteiger partial charge < -0.3 is 9.80 Å². The van der Waals surface area contributed by atoms with E-state index in [2.05, 4.69) is 17.3 Å². The van der Waals surface area contributed by atoms with Crippen molar-refractivity contribution >= 4 is 23.5 Å². The molecule has 0 aromatic rings. The predicted octanol–water partition coefficient (Wildman–Crippen LogP) is 0.877. The Morgan fingerprint density at radius 2 is 2.24 bits per heavy atom. The topological polar surface area (TPSA) is 52.6 Å². The maximum absolute atomic E-state index is 11.7. The average molecular weight is 262 g/mol. The number of hydrogen-bond donors (Lipinski definition) is 1. The van der Waals surface area contributed by atoms with Gasteiger partial charge in [-0.2, -0.15) is 0 Å². The summed E-state index contributed by atoms with van der Waals surface area (Å²) in [7, 11) is 3.76. The van der Waals surface area contributed by atoms with Crippen LogP contribution in [0.15, 0.2) is 0 Å². The molecule has 0 saturated carbocycles. The zero-order valence-electron chi connectivity index (χ0n) is 10.4. The molecule has 0 aromatic heterocycles. The number of nitrogens with one attached hydrogen (secondary N) is 1. The Labute approximate surface area is 107 Å². The van der Waals surface area contributed by atoms with Crippen LogP contribution in [0.3, 0.4) is 0 Å². The standard InChI is InChI=1S/C11H20ClN3O2/c1-14-7-3-4-9(14)8-15(2)11(17)13-10(16)5-6-12/h9H,3-8H2,1-2H3,(H,13,16,17). The summed E-state index contributed by atoms with van der Waals surface area (Å²) >= 11 is 5.42. The molecule has 1 saturated heterocycles. The molecular formula is C11H20ClN3O2. The maximum atomic E-state index is 11.7. The Balaban J connectivity index is 2.33. The monoisotopic (exact) mass is 261 g/mol. The van der Waals surface area contributed by atoms with Crippen LogP contribution in [0.4, 0.5) is 4.79 Å². The number of carbonyl (C=O) groups is 2. The molecule has 98 valence electrons. The first-order chi connectivity index (χ1) is 8.04. The molecule has 6 heteroatoms. The molecule has 17 heavy (non-hydrogen) atoms. The van der Waals surface area contributed by atoms with Gasteiger partial charge in [0.2, 0.25) is 5.91 Å². The number of likely N-dealkylation sites (tertiary alicyclic amines) is 1. The second-order valence-corrected chi connectivity index (χ2v) is 4.83. The minimum Gasteiger partial charge on any atom is -0.326 e. The van der Waals surface area contributed by atoms with Crippen LogP contribution in [0.2, 0.25) is 0 Å². The number of amides is 3. The van der Waals surface area contributed by atoms with Crippen molar-refractivity contribution in [3.63, 3.8) is 0 Å². The van der Waals surface area contributed by atoms with E-state index >= 15 is 0 Å². The molecule has 3 amide bonds. The summed E-state index contributed by atoms with van der Waals surface area (Å²) in [6.07, 6.45) is 2.44. The van der Waals surface area contributed by atoms with Crippen LogP contribution < -0.4 is 5.32 Å². The lowest BCUT2D eigenvalue weighted by atomic mass is 10.2. The van der Waals surface area contributed by atoms with Gasteiger partial charge in [-0.05, 0) is 26.4 Å². The fourth-order valence-electron chi connectivity index (χ4n) is 1.97. The number of alkyl halides is 1. The Hall–Kier alpha value is -0.810. The van der Waals surface area contributed by atoms with Gasteiger partial charge in [-0.3, -0.25) is 10.1 Å². The van der Waals surface area contributed by atoms with Gasteiger partial charge in [0.1, 0.15) is 0 Å². The van der Waals surface area contributed by atoms with E-state index in [0.717, 1.165) is 13.0 Å². The Morgan fingerprint density at radius 1 is 1.53 bits per heavy atom. The minimum absolute atomic E-state index is 0.171. The molecule has 1 fully saturated rings. The van der Waals surface area contributed by atoms with Crippen LogP contribution in [0, 0.1) is 0 Å². The van der Waals surface area contributed by atoms with Gasteiger partial charge in [0.05, 0.1) is 0 Å². The van der Waals surface area contributed by atoms with E-state index in [9.17, 15) is 9.59 Å². The number of rotatable bonds is 4. The van der Waals surface area contributed by atoms with Crippen molar-refractivity contribution in [2.45, 2.75) is 25.3 Å². The molecule has 5 nitrogen and oxygen atoms in total. The first-order valence-electron chi connectivity index (χ1n) is 5.85. The third-order valence-corrected chi connectivity index (χ3v) is 3.26. The lowest BCUT2D eigenvalue weighted by Crippen LogP contribution is -2.45. The van der Waals surface area contributed by atoms with E-state index in [4.69, 9.17) is 11.6 Å². The van der Waals surface area contributed by atoms with Crippen molar-refractivity contribution in [1.82, 2.24) is 15.1 Å². The molecule has 0 radical (unpaired) electrons. The molecule has 0 spiro atoms. The molecule has 0 aromatic carbocycles. The summed E-state index contributed by atoms with van der Waals surface area (Å²) in [5, 5.41) is 2.31. The van der Waals surface area contributed by atoms with E-state index < -0.39 is 0 Å². The van der Waals surface area contributed by atoms with Crippen LogP contribution >= 0.6 is 11.6 Å². The van der Waals surface area contributed by atoms with E-state index in [0.29, 0.717) is 12.6 Å². The normalized spacial score (nSPS) is 20.3.